The molecule has 1 aliphatic rings. The molecule has 0 unspecified atom stereocenters. The van der Waals surface area contributed by atoms with E-state index in [1.165, 1.54) is 0 Å². The zero-order valence-corrected chi connectivity index (χ0v) is 11.1. The molecule has 0 spiro atoms. The van der Waals surface area contributed by atoms with Gasteiger partial charge >= 0.3 is 0 Å². The molecule has 0 saturated carbocycles. The first-order valence-electron chi connectivity index (χ1n) is 6.40. The first-order chi connectivity index (χ1) is 9.16. The van der Waals surface area contributed by atoms with Crippen LogP contribution >= 0.6 is 0 Å². The van der Waals surface area contributed by atoms with Gasteiger partial charge in [0.25, 0.3) is 5.91 Å². The monoisotopic (exact) mass is 256 g/mol. The highest BCUT2D eigenvalue weighted by Crippen LogP contribution is 2.16. The SMILES string of the molecule is Cc1ccccc1C(=O)N1CCn2c(C)nnc2C1. The lowest BCUT2D eigenvalue weighted by Gasteiger charge is -2.28. The molecule has 2 aromatic rings. The van der Waals surface area contributed by atoms with Crippen LogP contribution in [0.2, 0.25) is 0 Å². The van der Waals surface area contributed by atoms with E-state index in [0.29, 0.717) is 13.1 Å². The number of carbonyl (C=O) groups is 1. The van der Waals surface area contributed by atoms with Crippen LogP contribution in [0.4, 0.5) is 0 Å². The zero-order valence-electron chi connectivity index (χ0n) is 11.1. The molecule has 0 saturated heterocycles. The summed E-state index contributed by atoms with van der Waals surface area (Å²) in [7, 11) is 0. The van der Waals surface area contributed by atoms with Gasteiger partial charge in [0, 0.05) is 18.7 Å². The van der Waals surface area contributed by atoms with E-state index in [9.17, 15) is 4.79 Å². The molecule has 0 N–H and O–H groups in total. The van der Waals surface area contributed by atoms with Crippen molar-refractivity contribution in [3.63, 3.8) is 0 Å². The molecule has 1 aliphatic heterocycles. The number of amides is 1. The second-order valence-corrected chi connectivity index (χ2v) is 4.86. The number of carbonyl (C=O) groups excluding carboxylic acids is 1. The van der Waals surface area contributed by atoms with Gasteiger partial charge in [-0.05, 0) is 25.5 Å². The molecule has 5 nitrogen and oxygen atoms in total. The van der Waals surface area contributed by atoms with Gasteiger partial charge in [-0.15, -0.1) is 10.2 Å². The van der Waals surface area contributed by atoms with Crippen molar-refractivity contribution < 1.29 is 4.79 Å². The van der Waals surface area contributed by atoms with Gasteiger partial charge in [-0.25, -0.2) is 0 Å². The summed E-state index contributed by atoms with van der Waals surface area (Å²) >= 11 is 0. The molecule has 2 heterocycles. The molecule has 19 heavy (non-hydrogen) atoms. The Kier molecular flexibility index (Phi) is 2.81. The molecule has 0 radical (unpaired) electrons. The van der Waals surface area contributed by atoms with Crippen molar-refractivity contribution in [2.75, 3.05) is 6.54 Å². The number of aryl methyl sites for hydroxylation is 2. The van der Waals surface area contributed by atoms with Gasteiger partial charge in [-0.3, -0.25) is 4.79 Å². The van der Waals surface area contributed by atoms with E-state index < -0.39 is 0 Å². The van der Waals surface area contributed by atoms with E-state index in [2.05, 4.69) is 14.8 Å². The first-order valence-corrected chi connectivity index (χ1v) is 6.40. The molecule has 0 fully saturated rings. The van der Waals surface area contributed by atoms with E-state index in [-0.39, 0.29) is 5.91 Å². The first kappa shape index (κ1) is 11.9. The van der Waals surface area contributed by atoms with Crippen LogP contribution in [0, 0.1) is 13.8 Å². The second-order valence-electron chi connectivity index (χ2n) is 4.86. The smallest absolute Gasteiger partial charge is 0.254 e. The third-order valence-corrected chi connectivity index (χ3v) is 3.60. The maximum absolute atomic E-state index is 12.5. The predicted octanol–water partition coefficient (Wildman–Crippen LogP) is 1.55. The molecule has 5 heteroatoms. The minimum Gasteiger partial charge on any atom is -0.329 e. The second kappa shape index (κ2) is 4.50. The quantitative estimate of drug-likeness (QED) is 0.778. The Labute approximate surface area is 111 Å². The summed E-state index contributed by atoms with van der Waals surface area (Å²) in [4.78, 5) is 14.3. The largest absolute Gasteiger partial charge is 0.329 e. The molecule has 98 valence electrons. The summed E-state index contributed by atoms with van der Waals surface area (Å²) in [6, 6.07) is 7.69. The summed E-state index contributed by atoms with van der Waals surface area (Å²) in [6.45, 7) is 5.91. The normalized spacial score (nSPS) is 14.3. The number of fused-ring (bicyclic) bond motifs is 1. The van der Waals surface area contributed by atoms with Crippen LogP contribution in [0.15, 0.2) is 24.3 Å². The maximum atomic E-state index is 12.5. The Morgan fingerprint density at radius 1 is 1.16 bits per heavy atom. The highest BCUT2D eigenvalue weighted by Gasteiger charge is 2.24. The number of hydrogen-bond acceptors (Lipinski definition) is 3. The van der Waals surface area contributed by atoms with Crippen molar-refractivity contribution in [3.8, 4) is 0 Å². The Hall–Kier alpha value is -2.17. The Morgan fingerprint density at radius 3 is 2.74 bits per heavy atom. The van der Waals surface area contributed by atoms with Crippen LogP contribution in [0.3, 0.4) is 0 Å². The van der Waals surface area contributed by atoms with Crippen LogP contribution in [0.5, 0.6) is 0 Å². The summed E-state index contributed by atoms with van der Waals surface area (Å²) in [6.07, 6.45) is 0. The number of nitrogens with zero attached hydrogens (tertiary/aromatic N) is 4. The Morgan fingerprint density at radius 2 is 1.95 bits per heavy atom. The van der Waals surface area contributed by atoms with Crippen molar-refractivity contribution in [3.05, 3.63) is 47.0 Å². The minimum absolute atomic E-state index is 0.0741. The lowest BCUT2D eigenvalue weighted by atomic mass is 10.1. The van der Waals surface area contributed by atoms with Gasteiger partial charge in [-0.1, -0.05) is 18.2 Å². The molecule has 0 aliphatic carbocycles. The molecular weight excluding hydrogens is 240 g/mol. The van der Waals surface area contributed by atoms with E-state index in [1.807, 2.05) is 43.0 Å². The number of hydrogen-bond donors (Lipinski definition) is 0. The maximum Gasteiger partial charge on any atom is 0.254 e. The van der Waals surface area contributed by atoms with Crippen LogP contribution in [-0.2, 0) is 13.1 Å². The summed E-state index contributed by atoms with van der Waals surface area (Å²) < 4.78 is 2.07. The Balaban J connectivity index is 1.86. The van der Waals surface area contributed by atoms with Crippen LogP contribution in [0.25, 0.3) is 0 Å². The van der Waals surface area contributed by atoms with Gasteiger partial charge in [0.15, 0.2) is 5.82 Å². The van der Waals surface area contributed by atoms with E-state index >= 15 is 0 Å². The van der Waals surface area contributed by atoms with Crippen molar-refractivity contribution >= 4 is 5.91 Å². The van der Waals surface area contributed by atoms with Gasteiger partial charge in [0.1, 0.15) is 5.82 Å². The topological polar surface area (TPSA) is 51.0 Å². The standard InChI is InChI=1S/C14H16N4O/c1-10-5-3-4-6-12(10)14(19)17-7-8-18-11(2)15-16-13(18)9-17/h3-6H,7-9H2,1-2H3. The highest BCUT2D eigenvalue weighted by atomic mass is 16.2. The number of rotatable bonds is 1. The molecule has 1 aromatic carbocycles. The van der Waals surface area contributed by atoms with Crippen LogP contribution in [-0.4, -0.2) is 32.1 Å². The predicted molar refractivity (Wildman–Crippen MR) is 70.7 cm³/mol. The summed E-state index contributed by atoms with van der Waals surface area (Å²) in [5, 5.41) is 8.18. The Bertz CT molecular complexity index is 632. The third-order valence-electron chi connectivity index (χ3n) is 3.60. The van der Waals surface area contributed by atoms with Gasteiger partial charge < -0.3 is 9.47 Å². The van der Waals surface area contributed by atoms with Crippen molar-refractivity contribution in [2.45, 2.75) is 26.9 Å². The minimum atomic E-state index is 0.0741. The lowest BCUT2D eigenvalue weighted by molar-refractivity contribution is 0.0706. The number of benzene rings is 1. The van der Waals surface area contributed by atoms with Crippen molar-refractivity contribution in [2.24, 2.45) is 0 Å². The zero-order chi connectivity index (χ0) is 13.4. The fourth-order valence-corrected chi connectivity index (χ4v) is 2.46. The van der Waals surface area contributed by atoms with Gasteiger partial charge in [0.05, 0.1) is 6.54 Å². The number of aromatic nitrogens is 3. The third kappa shape index (κ3) is 2.01. The van der Waals surface area contributed by atoms with Gasteiger partial charge in [-0.2, -0.15) is 0 Å². The van der Waals surface area contributed by atoms with Gasteiger partial charge in [0.2, 0.25) is 0 Å². The molecular formula is C14H16N4O. The fraction of sp³-hybridized carbons (Fsp3) is 0.357. The average molecular weight is 256 g/mol. The molecule has 0 bridgehead atoms. The highest BCUT2D eigenvalue weighted by molar-refractivity contribution is 5.95. The van der Waals surface area contributed by atoms with E-state index in [4.69, 9.17) is 0 Å². The lowest BCUT2D eigenvalue weighted by Crippen LogP contribution is -2.38. The van der Waals surface area contributed by atoms with E-state index in [0.717, 1.165) is 29.3 Å². The molecule has 1 aromatic heterocycles. The fourth-order valence-electron chi connectivity index (χ4n) is 2.46. The average Bonchev–Trinajstić information content (AvgIpc) is 2.80. The summed E-state index contributed by atoms with van der Waals surface area (Å²) in [5.41, 5.74) is 1.78. The van der Waals surface area contributed by atoms with Crippen molar-refractivity contribution in [1.82, 2.24) is 19.7 Å². The van der Waals surface area contributed by atoms with E-state index in [1.54, 1.807) is 0 Å². The molecule has 1 amide bonds. The van der Waals surface area contributed by atoms with Crippen LogP contribution < -0.4 is 0 Å². The van der Waals surface area contributed by atoms with Crippen LogP contribution in [0.1, 0.15) is 27.6 Å². The molecule has 0 atom stereocenters. The summed E-state index contributed by atoms with van der Waals surface area (Å²) in [5.74, 6) is 1.86. The molecule has 3 rings (SSSR count). The van der Waals surface area contributed by atoms with Crippen molar-refractivity contribution in [1.29, 1.82) is 0 Å².